The molecule has 0 aliphatic heterocycles. The van der Waals surface area contributed by atoms with Gasteiger partial charge in [-0.25, -0.2) is 4.39 Å². The molecule has 0 aliphatic carbocycles. The highest BCUT2D eigenvalue weighted by molar-refractivity contribution is 6.01. The van der Waals surface area contributed by atoms with Gasteiger partial charge < -0.3 is 15.4 Å². The second-order valence-corrected chi connectivity index (χ2v) is 6.63. The maximum atomic E-state index is 12.9. The van der Waals surface area contributed by atoms with Gasteiger partial charge in [0.15, 0.2) is 6.61 Å². The van der Waals surface area contributed by atoms with E-state index in [-0.39, 0.29) is 24.5 Å². The van der Waals surface area contributed by atoms with Gasteiger partial charge >= 0.3 is 0 Å². The number of rotatable bonds is 8. The third-order valence-corrected chi connectivity index (χ3v) is 4.23. The molecule has 32 heavy (non-hydrogen) atoms. The first-order valence-electron chi connectivity index (χ1n) is 9.60. The van der Waals surface area contributed by atoms with Crippen LogP contribution in [0.3, 0.4) is 0 Å². The van der Waals surface area contributed by atoms with Crippen LogP contribution in [0, 0.1) is 17.1 Å². The molecule has 0 spiro atoms. The maximum absolute atomic E-state index is 12.9. The van der Waals surface area contributed by atoms with E-state index in [1.165, 1.54) is 30.3 Å². The fourth-order valence-corrected chi connectivity index (χ4v) is 2.63. The van der Waals surface area contributed by atoms with Crippen LogP contribution in [0.1, 0.15) is 11.1 Å². The fourth-order valence-electron chi connectivity index (χ4n) is 2.63. The molecule has 0 bridgehead atoms. The molecule has 0 aliphatic rings. The molecule has 8 heteroatoms. The molecule has 2 aromatic carbocycles. The quantitative estimate of drug-likeness (QED) is 0.421. The zero-order chi connectivity index (χ0) is 22.8. The molecule has 2 amide bonds. The van der Waals surface area contributed by atoms with Crippen LogP contribution in [0.25, 0.3) is 6.08 Å². The van der Waals surface area contributed by atoms with Crippen LogP contribution in [-0.2, 0) is 16.1 Å². The smallest absolute Gasteiger partial charge is 0.262 e. The molecule has 1 aromatic heterocycles. The van der Waals surface area contributed by atoms with Gasteiger partial charge in [-0.3, -0.25) is 14.6 Å². The number of benzene rings is 2. The van der Waals surface area contributed by atoms with E-state index in [2.05, 4.69) is 15.6 Å². The third-order valence-electron chi connectivity index (χ3n) is 4.23. The highest BCUT2D eigenvalue weighted by atomic mass is 19.1. The summed E-state index contributed by atoms with van der Waals surface area (Å²) in [6.07, 6.45) is 4.73. The predicted octanol–water partition coefficient (Wildman–Crippen LogP) is 3.46. The van der Waals surface area contributed by atoms with Gasteiger partial charge in [0, 0.05) is 24.6 Å². The van der Waals surface area contributed by atoms with E-state index < -0.39 is 11.8 Å². The summed E-state index contributed by atoms with van der Waals surface area (Å²) in [5.74, 6) is -0.832. The van der Waals surface area contributed by atoms with Crippen LogP contribution in [0.5, 0.6) is 5.75 Å². The van der Waals surface area contributed by atoms with Crippen molar-refractivity contribution in [1.82, 2.24) is 10.3 Å². The lowest BCUT2D eigenvalue weighted by molar-refractivity contribution is -0.118. The van der Waals surface area contributed by atoms with Gasteiger partial charge in [-0.1, -0.05) is 18.2 Å². The first-order valence-corrected chi connectivity index (χ1v) is 9.60. The van der Waals surface area contributed by atoms with Crippen LogP contribution >= 0.6 is 0 Å². The van der Waals surface area contributed by atoms with Crippen molar-refractivity contribution in [3.63, 3.8) is 0 Å². The SMILES string of the molecule is N#C/C(=C\c1ccc(OCC(=O)Nc2ccc(F)cc2)cc1)C(=O)NCc1cccnc1. The largest absolute Gasteiger partial charge is 0.484 e. The van der Waals surface area contributed by atoms with Crippen molar-refractivity contribution in [2.45, 2.75) is 6.54 Å². The number of pyridine rings is 1. The number of carbonyl (C=O) groups excluding carboxylic acids is 2. The molecule has 2 N–H and O–H groups in total. The first-order chi connectivity index (χ1) is 15.5. The topological polar surface area (TPSA) is 104 Å². The van der Waals surface area contributed by atoms with Gasteiger partial charge in [0.05, 0.1) is 0 Å². The summed E-state index contributed by atoms with van der Waals surface area (Å²) in [5.41, 5.74) is 1.87. The molecule has 0 saturated heterocycles. The van der Waals surface area contributed by atoms with Crippen molar-refractivity contribution in [1.29, 1.82) is 5.26 Å². The first kappa shape index (κ1) is 22.2. The van der Waals surface area contributed by atoms with Gasteiger partial charge in [-0.05, 0) is 59.7 Å². The normalized spacial score (nSPS) is 10.7. The molecular weight excluding hydrogens is 411 g/mol. The summed E-state index contributed by atoms with van der Waals surface area (Å²) < 4.78 is 18.3. The zero-order valence-electron chi connectivity index (χ0n) is 16.9. The van der Waals surface area contributed by atoms with Crippen molar-refractivity contribution in [3.05, 3.63) is 95.6 Å². The minimum absolute atomic E-state index is 0.0405. The molecule has 7 nitrogen and oxygen atoms in total. The van der Waals surface area contributed by atoms with Gasteiger partial charge in [0.1, 0.15) is 23.2 Å². The van der Waals surface area contributed by atoms with Crippen LogP contribution in [-0.4, -0.2) is 23.4 Å². The standard InChI is InChI=1S/C24H19FN4O3/c25-20-5-7-21(8-6-20)29-23(30)16-32-22-9-3-17(4-10-22)12-19(13-26)24(31)28-15-18-2-1-11-27-14-18/h1-12,14H,15-16H2,(H,28,31)(H,29,30)/b19-12+. The molecule has 1 heterocycles. The summed E-state index contributed by atoms with van der Waals surface area (Å²) in [5, 5.41) is 14.6. The van der Waals surface area contributed by atoms with Gasteiger partial charge in [0.25, 0.3) is 11.8 Å². The number of halogens is 1. The molecule has 0 unspecified atom stereocenters. The lowest BCUT2D eigenvalue weighted by Crippen LogP contribution is -2.24. The van der Waals surface area contributed by atoms with Crippen LogP contribution in [0.2, 0.25) is 0 Å². The van der Waals surface area contributed by atoms with Crippen LogP contribution in [0.4, 0.5) is 10.1 Å². The number of hydrogen-bond donors (Lipinski definition) is 2. The molecule has 0 saturated carbocycles. The average Bonchev–Trinajstić information content (AvgIpc) is 2.82. The number of nitrogens with zero attached hydrogens (tertiary/aromatic N) is 2. The van der Waals surface area contributed by atoms with E-state index >= 15 is 0 Å². The Bertz CT molecular complexity index is 1140. The third kappa shape index (κ3) is 6.78. The van der Waals surface area contributed by atoms with Crippen molar-refractivity contribution < 1.29 is 18.7 Å². The number of ether oxygens (including phenoxy) is 1. The molecule has 3 aromatic rings. The Morgan fingerprint density at radius 2 is 1.84 bits per heavy atom. The Morgan fingerprint density at radius 1 is 1.09 bits per heavy atom. The summed E-state index contributed by atoms with van der Waals surface area (Å²) >= 11 is 0. The van der Waals surface area contributed by atoms with Crippen molar-refractivity contribution in [3.8, 4) is 11.8 Å². The number of hydrogen-bond acceptors (Lipinski definition) is 5. The van der Waals surface area contributed by atoms with Crippen LogP contribution in [0.15, 0.2) is 78.6 Å². The Hall–Kier alpha value is -4.51. The van der Waals surface area contributed by atoms with Crippen LogP contribution < -0.4 is 15.4 Å². The molecule has 0 atom stereocenters. The Morgan fingerprint density at radius 3 is 2.50 bits per heavy atom. The highest BCUT2D eigenvalue weighted by Crippen LogP contribution is 2.15. The number of amides is 2. The molecule has 0 radical (unpaired) electrons. The number of nitrogens with one attached hydrogen (secondary N) is 2. The van der Waals surface area contributed by atoms with Gasteiger partial charge in [-0.2, -0.15) is 5.26 Å². The number of aromatic nitrogens is 1. The van der Waals surface area contributed by atoms with E-state index in [4.69, 9.17) is 4.74 Å². The monoisotopic (exact) mass is 430 g/mol. The van der Waals surface area contributed by atoms with Gasteiger partial charge in [-0.15, -0.1) is 0 Å². The Kier molecular flexibility index (Phi) is 7.65. The molecule has 160 valence electrons. The molecule has 3 rings (SSSR count). The van der Waals surface area contributed by atoms with E-state index in [0.717, 1.165) is 5.56 Å². The molecular formula is C24H19FN4O3. The zero-order valence-corrected chi connectivity index (χ0v) is 16.9. The summed E-state index contributed by atoms with van der Waals surface area (Å²) in [4.78, 5) is 28.2. The fraction of sp³-hybridized carbons (Fsp3) is 0.0833. The van der Waals surface area contributed by atoms with Crippen molar-refractivity contribution in [2.75, 3.05) is 11.9 Å². The Labute approximate surface area is 184 Å². The predicted molar refractivity (Wildman–Crippen MR) is 117 cm³/mol. The maximum Gasteiger partial charge on any atom is 0.262 e. The molecule has 0 fully saturated rings. The highest BCUT2D eigenvalue weighted by Gasteiger charge is 2.09. The number of carbonyl (C=O) groups is 2. The second kappa shape index (κ2) is 11.0. The summed E-state index contributed by atoms with van der Waals surface area (Å²) in [6, 6.07) is 17.5. The number of anilines is 1. The lowest BCUT2D eigenvalue weighted by atomic mass is 10.1. The summed E-state index contributed by atoms with van der Waals surface area (Å²) in [6.45, 7) is 0.0330. The van der Waals surface area contributed by atoms with Gasteiger partial charge in [0.2, 0.25) is 0 Å². The van der Waals surface area contributed by atoms with E-state index in [0.29, 0.717) is 17.0 Å². The Balaban J connectivity index is 1.52. The van der Waals surface area contributed by atoms with Crippen molar-refractivity contribution in [2.24, 2.45) is 0 Å². The summed E-state index contributed by atoms with van der Waals surface area (Å²) in [7, 11) is 0. The average molecular weight is 430 g/mol. The lowest BCUT2D eigenvalue weighted by Gasteiger charge is -2.08. The van der Waals surface area contributed by atoms with Crippen molar-refractivity contribution >= 4 is 23.6 Å². The number of nitriles is 1. The second-order valence-electron chi connectivity index (χ2n) is 6.63. The van der Waals surface area contributed by atoms with E-state index in [1.54, 1.807) is 42.7 Å². The van der Waals surface area contributed by atoms with E-state index in [9.17, 15) is 19.2 Å². The van der Waals surface area contributed by atoms with E-state index in [1.807, 2.05) is 12.1 Å². The minimum Gasteiger partial charge on any atom is -0.484 e. The minimum atomic E-state index is -0.492.